The molecule has 5 nitrogen and oxygen atoms in total. The average Bonchev–Trinajstić information content (AvgIpc) is 3.29. The number of hydrogen-bond donors (Lipinski definition) is 1. The highest BCUT2D eigenvalue weighted by Gasteiger charge is 2.25. The van der Waals surface area contributed by atoms with Crippen molar-refractivity contribution in [3.63, 3.8) is 0 Å². The highest BCUT2D eigenvalue weighted by molar-refractivity contribution is 5.48. The maximum Gasteiger partial charge on any atom is 0.158 e. The van der Waals surface area contributed by atoms with E-state index in [-0.39, 0.29) is 0 Å². The molecule has 3 heterocycles. The van der Waals surface area contributed by atoms with E-state index >= 15 is 0 Å². The van der Waals surface area contributed by atoms with Crippen LogP contribution in [-0.4, -0.2) is 37.5 Å². The van der Waals surface area contributed by atoms with Gasteiger partial charge in [0.05, 0.1) is 12.5 Å². The topological polar surface area (TPSA) is 49.7 Å². The van der Waals surface area contributed by atoms with Crippen LogP contribution in [0.1, 0.15) is 18.0 Å². The fraction of sp³-hybridized carbons (Fsp3) is 0.294. The van der Waals surface area contributed by atoms with Crippen LogP contribution in [0.5, 0.6) is 0 Å². The van der Waals surface area contributed by atoms with E-state index in [1.165, 1.54) is 5.56 Å². The molecule has 1 fully saturated rings. The van der Waals surface area contributed by atoms with Gasteiger partial charge in [-0.25, -0.2) is 9.97 Å². The van der Waals surface area contributed by atoms with Gasteiger partial charge in [0.2, 0.25) is 0 Å². The van der Waals surface area contributed by atoms with Crippen molar-refractivity contribution in [2.24, 2.45) is 0 Å². The molecule has 0 bridgehead atoms. The zero-order chi connectivity index (χ0) is 14.8. The predicted octanol–water partition coefficient (Wildman–Crippen LogP) is 2.72. The molecule has 0 aliphatic carbocycles. The van der Waals surface area contributed by atoms with Gasteiger partial charge < -0.3 is 9.55 Å². The molecule has 0 amide bonds. The Morgan fingerprint density at radius 1 is 1.23 bits per heavy atom. The molecule has 0 radical (unpaired) electrons. The number of rotatable bonds is 4. The molecule has 1 atom stereocenters. The number of imidazole rings is 2. The van der Waals surface area contributed by atoms with Crippen molar-refractivity contribution >= 4 is 0 Å². The van der Waals surface area contributed by atoms with Crippen LogP contribution in [0.15, 0.2) is 55.2 Å². The second kappa shape index (κ2) is 5.77. The molecule has 1 aliphatic heterocycles. The Balaban J connectivity index is 1.48. The smallest absolute Gasteiger partial charge is 0.158 e. The largest absolute Gasteiger partial charge is 0.342 e. The SMILES string of the molecule is c1ccc(CN2CC[C@H](n3ccnc3-c3cnc[nH]3)C2)cc1. The Hall–Kier alpha value is -2.40. The van der Waals surface area contributed by atoms with E-state index in [0.29, 0.717) is 6.04 Å². The lowest BCUT2D eigenvalue weighted by atomic mass is 10.2. The van der Waals surface area contributed by atoms with Crippen LogP contribution < -0.4 is 0 Å². The first kappa shape index (κ1) is 13.3. The van der Waals surface area contributed by atoms with E-state index in [1.807, 2.05) is 12.4 Å². The van der Waals surface area contributed by atoms with Gasteiger partial charge in [-0.05, 0) is 12.0 Å². The van der Waals surface area contributed by atoms with E-state index < -0.39 is 0 Å². The first-order chi connectivity index (χ1) is 10.9. The summed E-state index contributed by atoms with van der Waals surface area (Å²) in [6, 6.07) is 11.1. The lowest BCUT2D eigenvalue weighted by molar-refractivity contribution is 0.316. The quantitative estimate of drug-likeness (QED) is 0.804. The monoisotopic (exact) mass is 293 g/mol. The Kier molecular flexibility index (Phi) is 3.48. The maximum atomic E-state index is 4.49. The summed E-state index contributed by atoms with van der Waals surface area (Å²) in [5.74, 6) is 0.976. The molecule has 0 spiro atoms. The molecule has 3 aromatic rings. The fourth-order valence-electron chi connectivity index (χ4n) is 3.22. The van der Waals surface area contributed by atoms with Crippen LogP contribution in [0.4, 0.5) is 0 Å². The van der Waals surface area contributed by atoms with Crippen LogP contribution in [-0.2, 0) is 6.54 Å². The number of H-pyrrole nitrogens is 1. The fourth-order valence-corrected chi connectivity index (χ4v) is 3.22. The highest BCUT2D eigenvalue weighted by Crippen LogP contribution is 2.27. The number of aromatic amines is 1. The van der Waals surface area contributed by atoms with Gasteiger partial charge in [-0.3, -0.25) is 4.90 Å². The summed E-state index contributed by atoms with van der Waals surface area (Å²) in [4.78, 5) is 14.2. The van der Waals surface area contributed by atoms with E-state index in [2.05, 4.69) is 60.9 Å². The Morgan fingerprint density at radius 2 is 2.14 bits per heavy atom. The molecular weight excluding hydrogens is 274 g/mol. The van der Waals surface area contributed by atoms with Crippen LogP contribution in [0, 0.1) is 0 Å². The number of nitrogens with one attached hydrogen (secondary N) is 1. The number of aromatic nitrogens is 4. The van der Waals surface area contributed by atoms with Gasteiger partial charge in [0, 0.05) is 38.1 Å². The van der Waals surface area contributed by atoms with Gasteiger partial charge in [0.25, 0.3) is 0 Å². The van der Waals surface area contributed by atoms with Crippen molar-refractivity contribution in [3.05, 3.63) is 60.8 Å². The molecule has 112 valence electrons. The molecule has 1 aromatic carbocycles. The normalized spacial score (nSPS) is 18.8. The van der Waals surface area contributed by atoms with Crippen molar-refractivity contribution in [3.8, 4) is 11.5 Å². The van der Waals surface area contributed by atoms with Crippen LogP contribution in [0.3, 0.4) is 0 Å². The predicted molar refractivity (Wildman–Crippen MR) is 85.2 cm³/mol. The maximum absolute atomic E-state index is 4.49. The van der Waals surface area contributed by atoms with Crippen molar-refractivity contribution in [1.82, 2.24) is 24.4 Å². The molecule has 0 saturated carbocycles. The van der Waals surface area contributed by atoms with E-state index in [4.69, 9.17) is 0 Å². The van der Waals surface area contributed by atoms with Gasteiger partial charge in [-0.2, -0.15) is 0 Å². The van der Waals surface area contributed by atoms with Gasteiger partial charge in [0.15, 0.2) is 5.82 Å². The third kappa shape index (κ3) is 2.55. The van der Waals surface area contributed by atoms with Crippen molar-refractivity contribution in [2.45, 2.75) is 19.0 Å². The zero-order valence-electron chi connectivity index (χ0n) is 12.4. The minimum atomic E-state index is 0.476. The second-order valence-electron chi connectivity index (χ2n) is 5.79. The molecule has 22 heavy (non-hydrogen) atoms. The number of nitrogens with zero attached hydrogens (tertiary/aromatic N) is 4. The minimum Gasteiger partial charge on any atom is -0.342 e. The number of hydrogen-bond acceptors (Lipinski definition) is 3. The Labute approximate surface area is 129 Å². The van der Waals surface area contributed by atoms with Crippen molar-refractivity contribution in [1.29, 1.82) is 0 Å². The second-order valence-corrected chi connectivity index (χ2v) is 5.79. The summed E-state index contributed by atoms with van der Waals surface area (Å²) in [5.41, 5.74) is 2.36. The summed E-state index contributed by atoms with van der Waals surface area (Å²) < 4.78 is 2.28. The molecule has 1 N–H and O–H groups in total. The van der Waals surface area contributed by atoms with E-state index in [0.717, 1.165) is 37.6 Å². The third-order valence-corrected chi connectivity index (χ3v) is 4.30. The van der Waals surface area contributed by atoms with E-state index in [1.54, 1.807) is 6.33 Å². The zero-order valence-corrected chi connectivity index (χ0v) is 12.4. The lowest BCUT2D eigenvalue weighted by Crippen LogP contribution is -2.21. The van der Waals surface area contributed by atoms with Gasteiger partial charge >= 0.3 is 0 Å². The molecule has 1 aliphatic rings. The molecule has 2 aromatic heterocycles. The van der Waals surface area contributed by atoms with Gasteiger partial charge in [-0.15, -0.1) is 0 Å². The van der Waals surface area contributed by atoms with Crippen LogP contribution in [0.2, 0.25) is 0 Å². The van der Waals surface area contributed by atoms with Crippen LogP contribution >= 0.6 is 0 Å². The first-order valence-corrected chi connectivity index (χ1v) is 7.68. The standard InChI is InChI=1S/C17H19N5/c1-2-4-14(5-3-1)11-21-8-6-15(12-21)22-9-7-19-17(22)16-10-18-13-20-16/h1-5,7,9-10,13,15H,6,8,11-12H2,(H,18,20)/t15-/m0/s1. The lowest BCUT2D eigenvalue weighted by Gasteiger charge is -2.18. The van der Waals surface area contributed by atoms with Gasteiger partial charge in [0.1, 0.15) is 5.69 Å². The number of benzene rings is 1. The molecule has 5 heteroatoms. The summed E-state index contributed by atoms with van der Waals surface area (Å²) in [6.45, 7) is 3.21. The summed E-state index contributed by atoms with van der Waals surface area (Å²) in [5, 5.41) is 0. The summed E-state index contributed by atoms with van der Waals surface area (Å²) in [6.07, 6.45) is 8.63. The van der Waals surface area contributed by atoms with E-state index in [9.17, 15) is 0 Å². The molecule has 4 rings (SSSR count). The summed E-state index contributed by atoms with van der Waals surface area (Å²) >= 11 is 0. The highest BCUT2D eigenvalue weighted by atomic mass is 15.2. The third-order valence-electron chi connectivity index (χ3n) is 4.30. The molecule has 1 saturated heterocycles. The Bertz CT molecular complexity index is 717. The molecular formula is C17H19N5. The van der Waals surface area contributed by atoms with Crippen molar-refractivity contribution < 1.29 is 0 Å². The average molecular weight is 293 g/mol. The first-order valence-electron chi connectivity index (χ1n) is 7.68. The molecule has 0 unspecified atom stereocenters. The Morgan fingerprint density at radius 3 is 2.95 bits per heavy atom. The summed E-state index contributed by atoms with van der Waals surface area (Å²) in [7, 11) is 0. The number of likely N-dealkylation sites (tertiary alicyclic amines) is 1. The van der Waals surface area contributed by atoms with Crippen molar-refractivity contribution in [2.75, 3.05) is 13.1 Å². The van der Waals surface area contributed by atoms with Gasteiger partial charge in [-0.1, -0.05) is 30.3 Å². The van der Waals surface area contributed by atoms with Crippen LogP contribution in [0.25, 0.3) is 11.5 Å². The minimum absolute atomic E-state index is 0.476.